The molecule has 3 rings (SSSR count). The van der Waals surface area contributed by atoms with Crippen molar-refractivity contribution in [2.45, 2.75) is 44.9 Å². The third-order valence-corrected chi connectivity index (χ3v) is 5.01. The largest absolute Gasteiger partial charge is 0.316 e. The molecule has 1 saturated heterocycles. The summed E-state index contributed by atoms with van der Waals surface area (Å²) in [6.07, 6.45) is 10.8. The summed E-state index contributed by atoms with van der Waals surface area (Å²) >= 11 is 0. The van der Waals surface area contributed by atoms with Crippen LogP contribution >= 0.6 is 0 Å². The molecule has 1 N–H and O–H groups in total. The van der Waals surface area contributed by atoms with Gasteiger partial charge in [-0.25, -0.2) is 0 Å². The van der Waals surface area contributed by atoms with Crippen LogP contribution in [0.3, 0.4) is 0 Å². The van der Waals surface area contributed by atoms with Crippen molar-refractivity contribution < 1.29 is 0 Å². The van der Waals surface area contributed by atoms with Crippen LogP contribution in [-0.2, 0) is 0 Å². The lowest BCUT2D eigenvalue weighted by molar-refractivity contribution is -0.00271. The van der Waals surface area contributed by atoms with E-state index in [2.05, 4.69) is 5.32 Å². The summed E-state index contributed by atoms with van der Waals surface area (Å²) in [6, 6.07) is 0. The molecule has 1 heteroatoms. The Morgan fingerprint density at radius 1 is 1.00 bits per heavy atom. The lowest BCUT2D eigenvalue weighted by Gasteiger charge is -2.50. The molecule has 3 fully saturated rings. The molecule has 2 unspecified atom stereocenters. The van der Waals surface area contributed by atoms with Crippen LogP contribution in [0.25, 0.3) is 0 Å². The van der Waals surface area contributed by atoms with Gasteiger partial charge in [-0.15, -0.1) is 0 Å². The number of hydrogen-bond donors (Lipinski definition) is 1. The van der Waals surface area contributed by atoms with Crippen molar-refractivity contribution in [2.24, 2.45) is 17.3 Å². The zero-order valence-corrected chi connectivity index (χ0v) is 8.52. The summed E-state index contributed by atoms with van der Waals surface area (Å²) in [5.74, 6) is 2.16. The standard InChI is InChI=1S/C12H21N/c1-2-6-12(5-1)7-3-11(12)10-4-8-13-9-10/h10-11,13H,1-9H2. The van der Waals surface area contributed by atoms with Gasteiger partial charge in [0.2, 0.25) is 0 Å². The van der Waals surface area contributed by atoms with E-state index in [1.807, 2.05) is 0 Å². The highest BCUT2D eigenvalue weighted by molar-refractivity contribution is 5.02. The zero-order valence-electron chi connectivity index (χ0n) is 8.52. The zero-order chi connectivity index (χ0) is 8.73. The van der Waals surface area contributed by atoms with Gasteiger partial charge in [0.05, 0.1) is 0 Å². The first kappa shape index (κ1) is 8.28. The van der Waals surface area contributed by atoms with E-state index >= 15 is 0 Å². The van der Waals surface area contributed by atoms with Gasteiger partial charge in [-0.3, -0.25) is 0 Å². The van der Waals surface area contributed by atoms with Gasteiger partial charge in [0, 0.05) is 0 Å². The molecule has 2 aliphatic carbocycles. The molecule has 0 aromatic rings. The van der Waals surface area contributed by atoms with Crippen LogP contribution in [0.1, 0.15) is 44.9 Å². The van der Waals surface area contributed by atoms with Crippen LogP contribution in [0.5, 0.6) is 0 Å². The predicted octanol–water partition coefficient (Wildman–Crippen LogP) is 2.57. The van der Waals surface area contributed by atoms with Crippen LogP contribution in [0.4, 0.5) is 0 Å². The van der Waals surface area contributed by atoms with Crippen molar-refractivity contribution in [2.75, 3.05) is 13.1 Å². The first-order chi connectivity index (χ1) is 6.41. The lowest BCUT2D eigenvalue weighted by Crippen LogP contribution is -2.43. The molecule has 1 spiro atoms. The second-order valence-electron chi connectivity index (χ2n) is 5.47. The molecule has 1 nitrogen and oxygen atoms in total. The minimum Gasteiger partial charge on any atom is -0.316 e. The van der Waals surface area contributed by atoms with Gasteiger partial charge < -0.3 is 5.32 Å². The average molecular weight is 179 g/mol. The van der Waals surface area contributed by atoms with Gasteiger partial charge in [0.15, 0.2) is 0 Å². The van der Waals surface area contributed by atoms with E-state index in [0.717, 1.165) is 17.3 Å². The summed E-state index contributed by atoms with van der Waals surface area (Å²) in [6.45, 7) is 2.61. The highest BCUT2D eigenvalue weighted by Crippen LogP contribution is 2.60. The van der Waals surface area contributed by atoms with Crippen molar-refractivity contribution >= 4 is 0 Å². The molecular weight excluding hydrogens is 158 g/mol. The molecule has 2 atom stereocenters. The number of nitrogens with one attached hydrogen (secondary N) is 1. The Morgan fingerprint density at radius 3 is 2.38 bits per heavy atom. The van der Waals surface area contributed by atoms with Gasteiger partial charge in [0.25, 0.3) is 0 Å². The second kappa shape index (κ2) is 2.98. The fourth-order valence-electron chi connectivity index (χ4n) is 4.18. The summed E-state index contributed by atoms with van der Waals surface area (Å²) in [5.41, 5.74) is 0.858. The molecule has 0 radical (unpaired) electrons. The Labute approximate surface area is 81.3 Å². The van der Waals surface area contributed by atoms with Crippen molar-refractivity contribution in [3.8, 4) is 0 Å². The van der Waals surface area contributed by atoms with E-state index in [-0.39, 0.29) is 0 Å². The normalized spacial score (nSPS) is 42.5. The smallest absolute Gasteiger partial charge is 0.00172 e. The van der Waals surface area contributed by atoms with E-state index in [9.17, 15) is 0 Å². The summed E-state index contributed by atoms with van der Waals surface area (Å²) in [4.78, 5) is 0. The first-order valence-electron chi connectivity index (χ1n) is 6.11. The van der Waals surface area contributed by atoms with Gasteiger partial charge in [-0.2, -0.15) is 0 Å². The van der Waals surface area contributed by atoms with E-state index in [4.69, 9.17) is 0 Å². The average Bonchev–Trinajstić information content (AvgIpc) is 2.72. The van der Waals surface area contributed by atoms with E-state index in [1.54, 1.807) is 25.7 Å². The van der Waals surface area contributed by atoms with Crippen LogP contribution in [0.15, 0.2) is 0 Å². The third kappa shape index (κ3) is 1.16. The lowest BCUT2D eigenvalue weighted by atomic mass is 9.54. The summed E-state index contributed by atoms with van der Waals surface area (Å²) < 4.78 is 0. The number of rotatable bonds is 1. The monoisotopic (exact) mass is 179 g/mol. The molecule has 1 aliphatic heterocycles. The van der Waals surface area contributed by atoms with E-state index in [0.29, 0.717) is 0 Å². The minimum atomic E-state index is 0.858. The third-order valence-electron chi connectivity index (χ3n) is 5.01. The minimum absolute atomic E-state index is 0.858. The molecule has 3 aliphatic rings. The maximum atomic E-state index is 3.53. The number of hydrogen-bond acceptors (Lipinski definition) is 1. The Balaban J connectivity index is 1.70. The first-order valence-corrected chi connectivity index (χ1v) is 6.11. The Hall–Kier alpha value is -0.0400. The fourth-order valence-corrected chi connectivity index (χ4v) is 4.18. The molecule has 13 heavy (non-hydrogen) atoms. The molecule has 74 valence electrons. The molecule has 0 bridgehead atoms. The molecule has 0 aromatic carbocycles. The van der Waals surface area contributed by atoms with Crippen LogP contribution in [0.2, 0.25) is 0 Å². The highest BCUT2D eigenvalue weighted by atomic mass is 14.9. The summed E-state index contributed by atoms with van der Waals surface area (Å²) in [7, 11) is 0. The quantitative estimate of drug-likeness (QED) is 0.652. The molecule has 1 heterocycles. The van der Waals surface area contributed by atoms with Gasteiger partial charge in [0.1, 0.15) is 0 Å². The molecular formula is C12H21N. The highest BCUT2D eigenvalue weighted by Gasteiger charge is 2.50. The Kier molecular flexibility index (Phi) is 1.90. The van der Waals surface area contributed by atoms with Crippen LogP contribution < -0.4 is 5.32 Å². The van der Waals surface area contributed by atoms with Crippen LogP contribution in [-0.4, -0.2) is 13.1 Å². The second-order valence-corrected chi connectivity index (χ2v) is 5.47. The molecule has 0 amide bonds. The Morgan fingerprint density at radius 2 is 1.85 bits per heavy atom. The maximum absolute atomic E-state index is 3.53. The summed E-state index contributed by atoms with van der Waals surface area (Å²) in [5, 5.41) is 3.53. The van der Waals surface area contributed by atoms with Gasteiger partial charge in [-0.05, 0) is 62.4 Å². The molecule has 0 aromatic heterocycles. The van der Waals surface area contributed by atoms with E-state index < -0.39 is 0 Å². The van der Waals surface area contributed by atoms with Crippen molar-refractivity contribution in [1.82, 2.24) is 5.32 Å². The van der Waals surface area contributed by atoms with Crippen molar-refractivity contribution in [3.05, 3.63) is 0 Å². The maximum Gasteiger partial charge on any atom is -0.00172 e. The topological polar surface area (TPSA) is 12.0 Å². The van der Waals surface area contributed by atoms with Gasteiger partial charge >= 0.3 is 0 Å². The van der Waals surface area contributed by atoms with Crippen molar-refractivity contribution in [3.63, 3.8) is 0 Å². The SMILES string of the molecule is C1CCC2(C1)CCC2C1CCNC1. The fraction of sp³-hybridized carbons (Fsp3) is 1.00. The van der Waals surface area contributed by atoms with E-state index in [1.165, 1.54) is 32.4 Å². The van der Waals surface area contributed by atoms with Crippen molar-refractivity contribution in [1.29, 1.82) is 0 Å². The van der Waals surface area contributed by atoms with Crippen LogP contribution in [0, 0.1) is 17.3 Å². The van der Waals surface area contributed by atoms with Gasteiger partial charge in [-0.1, -0.05) is 12.8 Å². The molecule has 2 saturated carbocycles. The Bertz CT molecular complexity index is 187. The predicted molar refractivity (Wildman–Crippen MR) is 54.6 cm³/mol.